The van der Waals surface area contributed by atoms with Gasteiger partial charge < -0.3 is 15.3 Å². The van der Waals surface area contributed by atoms with Crippen LogP contribution in [0.1, 0.15) is 24.5 Å². The zero-order chi connectivity index (χ0) is 8.43. The van der Waals surface area contributed by atoms with Gasteiger partial charge in [0.1, 0.15) is 11.5 Å². The minimum Gasteiger partial charge on any atom is -0.465 e. The van der Waals surface area contributed by atoms with Crippen molar-refractivity contribution < 1.29 is 9.52 Å². The van der Waals surface area contributed by atoms with E-state index in [-0.39, 0.29) is 0 Å². The second-order valence-electron chi connectivity index (χ2n) is 2.71. The number of hydrogen-bond acceptors (Lipinski definition) is 3. The zero-order valence-electron chi connectivity index (χ0n) is 6.74. The summed E-state index contributed by atoms with van der Waals surface area (Å²) in [5, 5.41) is 9.10. The summed E-state index contributed by atoms with van der Waals surface area (Å²) in [6.07, 6.45) is -0.569. The van der Waals surface area contributed by atoms with E-state index in [9.17, 15) is 0 Å². The summed E-state index contributed by atoms with van der Waals surface area (Å²) in [6, 6.07) is 3.20. The van der Waals surface area contributed by atoms with Gasteiger partial charge in [-0.25, -0.2) is 0 Å². The first kappa shape index (κ1) is 8.30. The maximum atomic E-state index is 9.10. The molecule has 3 heteroatoms. The van der Waals surface area contributed by atoms with Crippen LogP contribution in [0.5, 0.6) is 0 Å². The Kier molecular flexibility index (Phi) is 2.31. The molecular weight excluding hydrogens is 142 g/mol. The third-order valence-corrected chi connectivity index (χ3v) is 1.61. The Bertz CT molecular complexity index is 230. The summed E-state index contributed by atoms with van der Waals surface area (Å²) in [4.78, 5) is 0. The van der Waals surface area contributed by atoms with E-state index in [1.807, 2.05) is 13.0 Å². The van der Waals surface area contributed by atoms with Crippen molar-refractivity contribution in [3.8, 4) is 0 Å². The number of aryl methyl sites for hydroxylation is 1. The molecule has 0 aromatic carbocycles. The van der Waals surface area contributed by atoms with Crippen molar-refractivity contribution in [1.29, 1.82) is 0 Å². The highest BCUT2D eigenvalue weighted by molar-refractivity contribution is 5.09. The van der Waals surface area contributed by atoms with Crippen LogP contribution in [0.15, 0.2) is 16.5 Å². The lowest BCUT2D eigenvalue weighted by atomic mass is 10.1. The molecule has 2 atom stereocenters. The Hall–Kier alpha value is -0.800. The molecule has 0 saturated carbocycles. The van der Waals surface area contributed by atoms with Gasteiger partial charge in [-0.1, -0.05) is 0 Å². The van der Waals surface area contributed by atoms with E-state index in [0.29, 0.717) is 5.76 Å². The van der Waals surface area contributed by atoms with Crippen LogP contribution in [0.25, 0.3) is 0 Å². The van der Waals surface area contributed by atoms with Crippen LogP contribution in [0.3, 0.4) is 0 Å². The average Bonchev–Trinajstić information content (AvgIpc) is 2.34. The molecular formula is C8H13NO2. The standard InChI is InChI=1S/C8H13NO2/c1-5-3-4-7(11-5)8(9)6(2)10/h3-4,6,8,10H,9H2,1-2H3/t6-,8-/m0/s1. The molecule has 0 fully saturated rings. The van der Waals surface area contributed by atoms with Crippen LogP contribution in [0, 0.1) is 6.92 Å². The van der Waals surface area contributed by atoms with Crippen molar-refractivity contribution in [3.63, 3.8) is 0 Å². The molecule has 0 bridgehead atoms. The molecule has 1 rings (SSSR count). The minimum absolute atomic E-state index is 0.413. The van der Waals surface area contributed by atoms with Crippen molar-refractivity contribution in [3.05, 3.63) is 23.7 Å². The first-order chi connectivity index (χ1) is 5.11. The molecule has 11 heavy (non-hydrogen) atoms. The molecule has 3 N–H and O–H groups in total. The maximum Gasteiger partial charge on any atom is 0.123 e. The van der Waals surface area contributed by atoms with Gasteiger partial charge in [0.25, 0.3) is 0 Å². The first-order valence-electron chi connectivity index (χ1n) is 3.61. The summed E-state index contributed by atoms with van der Waals surface area (Å²) < 4.78 is 5.22. The van der Waals surface area contributed by atoms with Crippen LogP contribution < -0.4 is 5.73 Å². The van der Waals surface area contributed by atoms with Gasteiger partial charge in [-0.2, -0.15) is 0 Å². The SMILES string of the molecule is Cc1ccc([C@@H](N)[C@H](C)O)o1. The van der Waals surface area contributed by atoms with Gasteiger partial charge in [0.2, 0.25) is 0 Å². The number of aliphatic hydroxyl groups excluding tert-OH is 1. The van der Waals surface area contributed by atoms with Crippen LogP contribution in [-0.2, 0) is 0 Å². The number of nitrogens with two attached hydrogens (primary N) is 1. The topological polar surface area (TPSA) is 59.4 Å². The van der Waals surface area contributed by atoms with Crippen LogP contribution in [-0.4, -0.2) is 11.2 Å². The van der Waals surface area contributed by atoms with Crippen molar-refractivity contribution in [2.24, 2.45) is 5.73 Å². The smallest absolute Gasteiger partial charge is 0.123 e. The molecule has 0 aliphatic heterocycles. The Balaban J connectivity index is 2.76. The predicted octanol–water partition coefficient (Wildman–Crippen LogP) is 0.969. The van der Waals surface area contributed by atoms with Crippen molar-refractivity contribution >= 4 is 0 Å². The highest BCUT2D eigenvalue weighted by atomic mass is 16.3. The lowest BCUT2D eigenvalue weighted by molar-refractivity contribution is 0.153. The Labute approximate surface area is 65.8 Å². The van der Waals surface area contributed by atoms with E-state index < -0.39 is 12.1 Å². The maximum absolute atomic E-state index is 9.10. The van der Waals surface area contributed by atoms with E-state index in [0.717, 1.165) is 5.76 Å². The van der Waals surface area contributed by atoms with Crippen molar-refractivity contribution in [2.45, 2.75) is 26.0 Å². The van der Waals surface area contributed by atoms with Gasteiger partial charge in [0.15, 0.2) is 0 Å². The molecule has 0 unspecified atom stereocenters. The minimum atomic E-state index is -0.569. The average molecular weight is 155 g/mol. The molecule has 0 radical (unpaired) electrons. The number of hydrogen-bond donors (Lipinski definition) is 2. The lowest BCUT2D eigenvalue weighted by Gasteiger charge is -2.10. The van der Waals surface area contributed by atoms with Gasteiger partial charge >= 0.3 is 0 Å². The molecule has 0 aliphatic rings. The molecule has 62 valence electrons. The third kappa shape index (κ3) is 1.82. The normalized spacial score (nSPS) is 16.4. The molecule has 1 aromatic rings. The van der Waals surface area contributed by atoms with Gasteiger partial charge in [0.05, 0.1) is 12.1 Å². The molecule has 0 amide bonds. The summed E-state index contributed by atoms with van der Waals surface area (Å²) in [7, 11) is 0. The van der Waals surface area contributed by atoms with Crippen LogP contribution in [0.4, 0.5) is 0 Å². The Morgan fingerprint density at radius 2 is 2.18 bits per heavy atom. The highest BCUT2D eigenvalue weighted by Gasteiger charge is 2.14. The number of rotatable bonds is 2. The van der Waals surface area contributed by atoms with Crippen LogP contribution in [0.2, 0.25) is 0 Å². The summed E-state index contributed by atoms with van der Waals surface area (Å²) in [5.41, 5.74) is 5.61. The monoisotopic (exact) mass is 155 g/mol. The van der Waals surface area contributed by atoms with Gasteiger partial charge in [-0.05, 0) is 26.0 Å². The van der Waals surface area contributed by atoms with Crippen molar-refractivity contribution in [1.82, 2.24) is 0 Å². The summed E-state index contributed by atoms with van der Waals surface area (Å²) in [5.74, 6) is 1.45. The second-order valence-corrected chi connectivity index (χ2v) is 2.71. The fraction of sp³-hybridized carbons (Fsp3) is 0.500. The zero-order valence-corrected chi connectivity index (χ0v) is 6.74. The summed E-state index contributed by atoms with van der Waals surface area (Å²) >= 11 is 0. The molecule has 1 aromatic heterocycles. The highest BCUT2D eigenvalue weighted by Crippen LogP contribution is 2.16. The van der Waals surface area contributed by atoms with E-state index in [1.54, 1.807) is 13.0 Å². The molecule has 0 saturated heterocycles. The molecule has 3 nitrogen and oxygen atoms in total. The number of furan rings is 1. The van der Waals surface area contributed by atoms with E-state index in [1.165, 1.54) is 0 Å². The van der Waals surface area contributed by atoms with Gasteiger partial charge in [0, 0.05) is 0 Å². The fourth-order valence-electron chi connectivity index (χ4n) is 0.870. The van der Waals surface area contributed by atoms with E-state index in [4.69, 9.17) is 15.3 Å². The fourth-order valence-corrected chi connectivity index (χ4v) is 0.870. The molecule has 0 aliphatic carbocycles. The van der Waals surface area contributed by atoms with Crippen LogP contribution >= 0.6 is 0 Å². The van der Waals surface area contributed by atoms with Gasteiger partial charge in [-0.15, -0.1) is 0 Å². The third-order valence-electron chi connectivity index (χ3n) is 1.61. The first-order valence-corrected chi connectivity index (χ1v) is 3.61. The summed E-state index contributed by atoms with van der Waals surface area (Å²) in [6.45, 7) is 3.49. The lowest BCUT2D eigenvalue weighted by Crippen LogP contribution is -2.22. The largest absolute Gasteiger partial charge is 0.465 e. The van der Waals surface area contributed by atoms with Crippen molar-refractivity contribution in [2.75, 3.05) is 0 Å². The number of aliphatic hydroxyl groups is 1. The van der Waals surface area contributed by atoms with Gasteiger partial charge in [-0.3, -0.25) is 0 Å². The Morgan fingerprint density at radius 1 is 1.55 bits per heavy atom. The van der Waals surface area contributed by atoms with E-state index >= 15 is 0 Å². The quantitative estimate of drug-likeness (QED) is 0.669. The Morgan fingerprint density at radius 3 is 2.55 bits per heavy atom. The molecule has 0 spiro atoms. The van der Waals surface area contributed by atoms with E-state index in [2.05, 4.69) is 0 Å². The predicted molar refractivity (Wildman–Crippen MR) is 42.1 cm³/mol. The molecule has 1 heterocycles. The second kappa shape index (κ2) is 3.07.